The maximum absolute atomic E-state index is 11.6. The van der Waals surface area contributed by atoms with E-state index < -0.39 is 0 Å². The Balaban J connectivity index is 1.96. The van der Waals surface area contributed by atoms with Crippen molar-refractivity contribution < 1.29 is 4.79 Å². The number of piperidine rings is 1. The number of carbonyl (C=O) groups is 1. The van der Waals surface area contributed by atoms with Gasteiger partial charge in [-0.2, -0.15) is 0 Å². The van der Waals surface area contributed by atoms with Crippen molar-refractivity contribution in [1.29, 1.82) is 0 Å². The lowest BCUT2D eigenvalue weighted by Gasteiger charge is -2.35. The Morgan fingerprint density at radius 3 is 2.94 bits per heavy atom. The van der Waals surface area contributed by atoms with Gasteiger partial charge in [0.2, 0.25) is 5.91 Å². The molecule has 1 aromatic rings. The van der Waals surface area contributed by atoms with E-state index in [1.807, 2.05) is 29.2 Å². The second kappa shape index (κ2) is 5.76. The summed E-state index contributed by atoms with van der Waals surface area (Å²) in [6, 6.07) is 8.02. The largest absolute Gasteiger partial charge is 0.397 e. The summed E-state index contributed by atoms with van der Waals surface area (Å²) in [5, 5.41) is 3.35. The molecule has 1 fully saturated rings. The molecule has 1 unspecified atom stereocenters. The van der Waals surface area contributed by atoms with Crippen LogP contribution in [0.2, 0.25) is 0 Å². The zero-order valence-electron chi connectivity index (χ0n) is 10.9. The molecule has 98 valence electrons. The molecule has 4 heteroatoms. The Kier molecular flexibility index (Phi) is 4.07. The molecule has 0 bridgehead atoms. The van der Waals surface area contributed by atoms with Crippen molar-refractivity contribution >= 4 is 17.3 Å². The van der Waals surface area contributed by atoms with E-state index in [0.29, 0.717) is 0 Å². The van der Waals surface area contributed by atoms with E-state index in [0.717, 1.165) is 37.3 Å². The fourth-order valence-electron chi connectivity index (χ4n) is 2.51. The van der Waals surface area contributed by atoms with Crippen molar-refractivity contribution in [2.24, 2.45) is 0 Å². The van der Waals surface area contributed by atoms with Crippen LogP contribution in [0.4, 0.5) is 11.4 Å². The van der Waals surface area contributed by atoms with Gasteiger partial charge >= 0.3 is 0 Å². The fraction of sp³-hybridized carbons (Fsp3) is 0.500. The van der Waals surface area contributed by atoms with Crippen LogP contribution in [0.3, 0.4) is 0 Å². The minimum absolute atomic E-state index is 0.169. The highest BCUT2D eigenvalue weighted by Gasteiger charge is 2.23. The van der Waals surface area contributed by atoms with Gasteiger partial charge in [-0.05, 0) is 31.4 Å². The highest BCUT2D eigenvalue weighted by molar-refractivity contribution is 5.74. The quantitative estimate of drug-likeness (QED) is 0.804. The van der Waals surface area contributed by atoms with Crippen molar-refractivity contribution in [2.75, 3.05) is 24.1 Å². The van der Waals surface area contributed by atoms with Crippen molar-refractivity contribution in [3.05, 3.63) is 24.3 Å². The van der Waals surface area contributed by atoms with E-state index in [-0.39, 0.29) is 11.9 Å². The molecule has 3 N–H and O–H groups in total. The number of nitrogens with zero attached hydrogens (tertiary/aromatic N) is 1. The number of likely N-dealkylation sites (tertiary alicyclic amines) is 1. The van der Waals surface area contributed by atoms with E-state index in [1.165, 1.54) is 6.42 Å². The average molecular weight is 247 g/mol. The summed E-state index contributed by atoms with van der Waals surface area (Å²) in [6.07, 6.45) is 3.38. The minimum Gasteiger partial charge on any atom is -0.397 e. The maximum atomic E-state index is 11.6. The number of amides is 1. The van der Waals surface area contributed by atoms with Crippen LogP contribution in [0.25, 0.3) is 0 Å². The summed E-state index contributed by atoms with van der Waals surface area (Å²) >= 11 is 0. The van der Waals surface area contributed by atoms with Gasteiger partial charge in [-0.15, -0.1) is 0 Å². The number of nitrogens with one attached hydrogen (secondary N) is 1. The van der Waals surface area contributed by atoms with E-state index in [1.54, 1.807) is 6.92 Å². The molecule has 1 saturated heterocycles. The van der Waals surface area contributed by atoms with Crippen LogP contribution in [-0.2, 0) is 4.79 Å². The predicted octanol–water partition coefficient (Wildman–Crippen LogP) is 2.08. The third-order valence-corrected chi connectivity index (χ3v) is 3.52. The van der Waals surface area contributed by atoms with Crippen LogP contribution in [0.5, 0.6) is 0 Å². The Labute approximate surface area is 108 Å². The zero-order chi connectivity index (χ0) is 13.0. The summed E-state index contributed by atoms with van der Waals surface area (Å²) in [5.41, 5.74) is 7.59. The number of hydrogen-bond donors (Lipinski definition) is 2. The fourth-order valence-corrected chi connectivity index (χ4v) is 2.51. The zero-order valence-corrected chi connectivity index (χ0v) is 10.9. The van der Waals surface area contributed by atoms with Gasteiger partial charge in [-0.3, -0.25) is 4.79 Å². The molecule has 0 radical (unpaired) electrons. The number of carbonyl (C=O) groups excluding carboxylic acids is 1. The van der Waals surface area contributed by atoms with Crippen LogP contribution in [-0.4, -0.2) is 29.9 Å². The minimum atomic E-state index is 0.169. The third kappa shape index (κ3) is 2.94. The lowest BCUT2D eigenvalue weighted by molar-refractivity contribution is -0.132. The molecular weight excluding hydrogens is 226 g/mol. The van der Waals surface area contributed by atoms with Crippen molar-refractivity contribution in [1.82, 2.24) is 4.90 Å². The van der Waals surface area contributed by atoms with Crippen LogP contribution >= 0.6 is 0 Å². The molecule has 1 atom stereocenters. The maximum Gasteiger partial charge on any atom is 0.219 e. The number of benzene rings is 1. The third-order valence-electron chi connectivity index (χ3n) is 3.52. The topological polar surface area (TPSA) is 58.4 Å². The number of hydrogen-bond acceptors (Lipinski definition) is 3. The molecule has 1 aromatic carbocycles. The normalized spacial score (nSPS) is 19.6. The van der Waals surface area contributed by atoms with Gasteiger partial charge in [-0.1, -0.05) is 12.1 Å². The number of nitrogens with two attached hydrogens (primary N) is 1. The molecule has 2 rings (SSSR count). The highest BCUT2D eigenvalue weighted by Crippen LogP contribution is 2.20. The smallest absolute Gasteiger partial charge is 0.219 e. The molecule has 4 nitrogen and oxygen atoms in total. The van der Waals surface area contributed by atoms with E-state index in [4.69, 9.17) is 5.73 Å². The van der Waals surface area contributed by atoms with Crippen molar-refractivity contribution in [2.45, 2.75) is 32.2 Å². The van der Waals surface area contributed by atoms with Gasteiger partial charge in [-0.25, -0.2) is 0 Å². The molecule has 0 spiro atoms. The van der Waals surface area contributed by atoms with Crippen LogP contribution < -0.4 is 11.1 Å². The van der Waals surface area contributed by atoms with Crippen LogP contribution in [0.1, 0.15) is 26.2 Å². The summed E-state index contributed by atoms with van der Waals surface area (Å²) < 4.78 is 0. The molecule has 1 aliphatic heterocycles. The standard InChI is InChI=1S/C14H21N3O/c1-11(18)17-9-5-4-6-12(17)10-16-14-8-3-2-7-13(14)15/h2-3,7-8,12,16H,4-6,9-10,15H2,1H3. The second-order valence-corrected chi connectivity index (χ2v) is 4.83. The summed E-state index contributed by atoms with van der Waals surface area (Å²) in [6.45, 7) is 3.30. The van der Waals surface area contributed by atoms with Gasteiger partial charge in [0.15, 0.2) is 0 Å². The van der Waals surface area contributed by atoms with Gasteiger partial charge in [0.25, 0.3) is 0 Å². The van der Waals surface area contributed by atoms with Crippen LogP contribution in [0, 0.1) is 0 Å². The molecule has 1 amide bonds. The number of nitrogen functional groups attached to an aromatic ring is 1. The summed E-state index contributed by atoms with van der Waals surface area (Å²) in [4.78, 5) is 13.5. The number of anilines is 2. The number of para-hydroxylation sites is 2. The second-order valence-electron chi connectivity index (χ2n) is 4.83. The molecule has 1 aliphatic rings. The summed E-state index contributed by atoms with van der Waals surface area (Å²) in [7, 11) is 0. The Morgan fingerprint density at radius 2 is 2.22 bits per heavy atom. The van der Waals surface area contributed by atoms with Crippen molar-refractivity contribution in [3.63, 3.8) is 0 Å². The molecule has 0 aromatic heterocycles. The molecule has 0 saturated carbocycles. The first kappa shape index (κ1) is 12.7. The highest BCUT2D eigenvalue weighted by atomic mass is 16.2. The first-order valence-electron chi connectivity index (χ1n) is 6.54. The predicted molar refractivity (Wildman–Crippen MR) is 74.4 cm³/mol. The number of rotatable bonds is 3. The molecular formula is C14H21N3O. The lowest BCUT2D eigenvalue weighted by atomic mass is 10.0. The Morgan fingerprint density at radius 1 is 1.44 bits per heavy atom. The first-order chi connectivity index (χ1) is 8.68. The van der Waals surface area contributed by atoms with Gasteiger partial charge < -0.3 is 16.0 Å². The molecule has 18 heavy (non-hydrogen) atoms. The molecule has 1 heterocycles. The average Bonchev–Trinajstić information content (AvgIpc) is 2.38. The van der Waals surface area contributed by atoms with Crippen LogP contribution in [0.15, 0.2) is 24.3 Å². The Hall–Kier alpha value is -1.71. The SMILES string of the molecule is CC(=O)N1CCCCC1CNc1ccccc1N. The monoisotopic (exact) mass is 247 g/mol. The van der Waals surface area contributed by atoms with Gasteiger partial charge in [0.1, 0.15) is 0 Å². The van der Waals surface area contributed by atoms with Crippen molar-refractivity contribution in [3.8, 4) is 0 Å². The van der Waals surface area contributed by atoms with Gasteiger partial charge in [0.05, 0.1) is 11.4 Å². The van der Waals surface area contributed by atoms with E-state index in [9.17, 15) is 4.79 Å². The summed E-state index contributed by atoms with van der Waals surface area (Å²) in [5.74, 6) is 0.169. The Bertz CT molecular complexity index is 419. The molecule has 0 aliphatic carbocycles. The van der Waals surface area contributed by atoms with E-state index in [2.05, 4.69) is 5.32 Å². The van der Waals surface area contributed by atoms with Gasteiger partial charge in [0, 0.05) is 26.1 Å². The lowest BCUT2D eigenvalue weighted by Crippen LogP contribution is -2.46. The van der Waals surface area contributed by atoms with E-state index >= 15 is 0 Å². The first-order valence-corrected chi connectivity index (χ1v) is 6.54.